The monoisotopic (exact) mass is 682 g/mol. The number of fused-ring (bicyclic) bond motifs is 3. The van der Waals surface area contributed by atoms with Crippen LogP contribution < -0.4 is 33.2 Å². The van der Waals surface area contributed by atoms with Gasteiger partial charge in [0.2, 0.25) is 5.75 Å². The molecule has 0 fully saturated rings. The summed E-state index contributed by atoms with van der Waals surface area (Å²) in [4.78, 5) is 4.68. The fraction of sp³-hybridized carbons (Fsp3) is 0.400. The van der Waals surface area contributed by atoms with Gasteiger partial charge >= 0.3 is 0 Å². The van der Waals surface area contributed by atoms with Crippen LogP contribution >= 0.6 is 0 Å². The lowest BCUT2D eigenvalue weighted by Gasteiger charge is -2.38. The summed E-state index contributed by atoms with van der Waals surface area (Å²) in [5.41, 5.74) is 8.54. The minimum Gasteiger partial charge on any atom is -0.504 e. The first-order valence-electron chi connectivity index (χ1n) is 16.9. The van der Waals surface area contributed by atoms with Gasteiger partial charge in [0.05, 0.1) is 42.7 Å². The molecule has 2 heterocycles. The van der Waals surface area contributed by atoms with E-state index in [0.717, 1.165) is 60.5 Å². The number of ether oxygens (including phenoxy) is 7. The second-order valence-electron chi connectivity index (χ2n) is 13.4. The summed E-state index contributed by atoms with van der Waals surface area (Å²) in [5, 5.41) is 11.5. The second-order valence-corrected chi connectivity index (χ2v) is 13.4. The topological polar surface area (TPSA) is 91.3 Å². The molecular formula is C40H46N2O8. The Labute approximate surface area is 294 Å². The van der Waals surface area contributed by atoms with Crippen molar-refractivity contribution >= 4 is 0 Å². The molecule has 0 bridgehead atoms. The van der Waals surface area contributed by atoms with E-state index in [1.54, 1.807) is 42.7 Å². The Balaban J connectivity index is 1.34. The summed E-state index contributed by atoms with van der Waals surface area (Å²) in [6.07, 6.45) is 2.34. The van der Waals surface area contributed by atoms with E-state index in [-0.39, 0.29) is 17.7 Å². The molecule has 10 heteroatoms. The van der Waals surface area contributed by atoms with Gasteiger partial charge < -0.3 is 43.2 Å². The third-order valence-corrected chi connectivity index (χ3v) is 10.6. The standard InChI is InChI=1S/C40H46N2O8/c1-41-20-25-13-24-16-34(33(47-6)19-28(24)37-36(25)26(21-41)17-35(48-7)38(37)43)50-39-23(9-10-30(44-3)40(39)49-8)14-29-27-18-32(46-5)31(45-4)15-22(27)11-12-42(29)2/h9-10,15-19,25,29,43H,11-14,20-21H2,1-8H3/t25-,29+/m0/s1. The van der Waals surface area contributed by atoms with Crippen LogP contribution in [0.5, 0.6) is 51.7 Å². The molecule has 0 aromatic heterocycles. The Morgan fingerprint density at radius 2 is 1.36 bits per heavy atom. The predicted molar refractivity (Wildman–Crippen MR) is 191 cm³/mol. The number of methoxy groups -OCH3 is 6. The molecule has 4 aromatic rings. The highest BCUT2D eigenvalue weighted by atomic mass is 16.5. The maximum Gasteiger partial charge on any atom is 0.204 e. The minimum atomic E-state index is 0.0383. The zero-order chi connectivity index (χ0) is 35.3. The van der Waals surface area contributed by atoms with Crippen LogP contribution in [0.1, 0.15) is 45.3 Å². The lowest BCUT2D eigenvalue weighted by Crippen LogP contribution is -2.33. The lowest BCUT2D eigenvalue weighted by atomic mass is 9.74. The first-order valence-corrected chi connectivity index (χ1v) is 16.9. The Hall–Kier alpha value is -4.80. The number of aromatic hydroxyl groups is 1. The molecular weight excluding hydrogens is 636 g/mol. The summed E-state index contributed by atoms with van der Waals surface area (Å²) in [6, 6.07) is 14.2. The molecule has 7 rings (SSSR count). The number of benzene rings is 4. The van der Waals surface area contributed by atoms with Gasteiger partial charge in [-0.1, -0.05) is 6.07 Å². The van der Waals surface area contributed by atoms with E-state index >= 15 is 0 Å². The molecule has 2 atom stereocenters. The zero-order valence-electron chi connectivity index (χ0n) is 30.1. The molecule has 50 heavy (non-hydrogen) atoms. The number of nitrogens with zero attached hydrogens (tertiary/aromatic N) is 2. The van der Waals surface area contributed by atoms with Crippen LogP contribution in [0.3, 0.4) is 0 Å². The number of rotatable bonds is 10. The number of hydrogen-bond donors (Lipinski definition) is 1. The van der Waals surface area contributed by atoms with E-state index in [1.165, 1.54) is 22.3 Å². The third-order valence-electron chi connectivity index (χ3n) is 10.6. The average molecular weight is 683 g/mol. The maximum absolute atomic E-state index is 11.5. The van der Waals surface area contributed by atoms with Crippen molar-refractivity contribution in [3.8, 4) is 62.9 Å². The van der Waals surface area contributed by atoms with Crippen LogP contribution in [-0.4, -0.2) is 84.7 Å². The van der Waals surface area contributed by atoms with Gasteiger partial charge in [0.25, 0.3) is 0 Å². The molecule has 1 N–H and O–H groups in total. The van der Waals surface area contributed by atoms with E-state index in [4.69, 9.17) is 33.2 Å². The predicted octanol–water partition coefficient (Wildman–Crippen LogP) is 6.76. The highest BCUT2D eigenvalue weighted by Gasteiger charge is 2.36. The zero-order valence-corrected chi connectivity index (χ0v) is 30.1. The minimum absolute atomic E-state index is 0.0383. The van der Waals surface area contributed by atoms with E-state index in [0.29, 0.717) is 46.7 Å². The quantitative estimate of drug-likeness (QED) is 0.194. The van der Waals surface area contributed by atoms with Crippen molar-refractivity contribution in [1.29, 1.82) is 0 Å². The largest absolute Gasteiger partial charge is 0.504 e. The SMILES string of the molecule is COc1cc2c(cc1OC)[C@@H](Cc1ccc(OC)c(OC)c1Oc1cc3c(cc1OC)-c1c(O)c(OC)cc4c1[C@@H](C3)CN(C)C4)N(C)CC2. The molecule has 0 unspecified atom stereocenters. The van der Waals surface area contributed by atoms with Gasteiger partial charge in [-0.2, -0.15) is 0 Å². The Kier molecular flexibility index (Phi) is 9.09. The fourth-order valence-corrected chi connectivity index (χ4v) is 8.19. The van der Waals surface area contributed by atoms with Crippen molar-refractivity contribution in [2.24, 2.45) is 0 Å². The van der Waals surface area contributed by atoms with Crippen LogP contribution in [-0.2, 0) is 25.8 Å². The maximum atomic E-state index is 11.5. The van der Waals surface area contributed by atoms with Gasteiger partial charge in [-0.3, -0.25) is 4.90 Å². The molecule has 10 nitrogen and oxygen atoms in total. The average Bonchev–Trinajstić information content (AvgIpc) is 3.12. The Morgan fingerprint density at radius 1 is 0.700 bits per heavy atom. The molecule has 3 aliphatic rings. The van der Waals surface area contributed by atoms with E-state index < -0.39 is 0 Å². The summed E-state index contributed by atoms with van der Waals surface area (Å²) >= 11 is 0. The Bertz CT molecular complexity index is 1940. The molecule has 0 saturated heterocycles. The van der Waals surface area contributed by atoms with Gasteiger partial charge in [0.15, 0.2) is 46.0 Å². The first-order chi connectivity index (χ1) is 24.2. The van der Waals surface area contributed by atoms with E-state index in [9.17, 15) is 5.11 Å². The van der Waals surface area contributed by atoms with Crippen LogP contribution in [0, 0.1) is 0 Å². The fourth-order valence-electron chi connectivity index (χ4n) is 8.19. The van der Waals surface area contributed by atoms with E-state index in [2.05, 4.69) is 36.0 Å². The summed E-state index contributed by atoms with van der Waals surface area (Å²) in [6.45, 7) is 2.57. The molecule has 264 valence electrons. The van der Waals surface area contributed by atoms with Gasteiger partial charge in [-0.05, 0) is 103 Å². The number of phenolic OH excluding ortho intramolecular Hbond substituents is 1. The molecule has 0 radical (unpaired) electrons. The summed E-state index contributed by atoms with van der Waals surface area (Å²) in [7, 11) is 14.1. The van der Waals surface area contributed by atoms with Crippen LogP contribution in [0.25, 0.3) is 11.1 Å². The van der Waals surface area contributed by atoms with Gasteiger partial charge in [-0.15, -0.1) is 0 Å². The van der Waals surface area contributed by atoms with Gasteiger partial charge in [0, 0.05) is 42.7 Å². The first kappa shape index (κ1) is 33.7. The van der Waals surface area contributed by atoms with Crippen molar-refractivity contribution in [1.82, 2.24) is 9.80 Å². The van der Waals surface area contributed by atoms with Crippen molar-refractivity contribution in [2.45, 2.75) is 37.8 Å². The van der Waals surface area contributed by atoms with Crippen molar-refractivity contribution in [3.05, 3.63) is 75.8 Å². The summed E-state index contributed by atoms with van der Waals surface area (Å²) < 4.78 is 41.6. The van der Waals surface area contributed by atoms with Crippen molar-refractivity contribution < 1.29 is 38.3 Å². The van der Waals surface area contributed by atoms with Gasteiger partial charge in [-0.25, -0.2) is 0 Å². The van der Waals surface area contributed by atoms with Gasteiger partial charge in [0.1, 0.15) is 0 Å². The molecule has 0 amide bonds. The van der Waals surface area contributed by atoms with E-state index in [1.807, 2.05) is 30.3 Å². The number of likely N-dealkylation sites (N-methyl/N-ethyl adjacent to an activating group) is 2. The van der Waals surface area contributed by atoms with Crippen LogP contribution in [0.2, 0.25) is 0 Å². The highest BCUT2D eigenvalue weighted by molar-refractivity contribution is 5.85. The number of phenols is 1. The van der Waals surface area contributed by atoms with Crippen molar-refractivity contribution in [2.75, 3.05) is 69.8 Å². The molecule has 1 aliphatic carbocycles. The van der Waals surface area contributed by atoms with Crippen LogP contribution in [0.15, 0.2) is 42.5 Å². The molecule has 2 aliphatic heterocycles. The Morgan fingerprint density at radius 3 is 2.06 bits per heavy atom. The van der Waals surface area contributed by atoms with Crippen LogP contribution in [0.4, 0.5) is 0 Å². The summed E-state index contributed by atoms with van der Waals surface area (Å²) in [5.74, 6) is 4.99. The number of hydrogen-bond acceptors (Lipinski definition) is 10. The molecule has 0 saturated carbocycles. The highest BCUT2D eigenvalue weighted by Crippen LogP contribution is 2.54. The second kappa shape index (κ2) is 13.5. The smallest absolute Gasteiger partial charge is 0.204 e. The molecule has 4 aromatic carbocycles. The lowest BCUT2D eigenvalue weighted by molar-refractivity contribution is 0.226. The molecule has 0 spiro atoms. The van der Waals surface area contributed by atoms with Crippen molar-refractivity contribution in [3.63, 3.8) is 0 Å². The third kappa shape index (κ3) is 5.60. The normalized spacial score (nSPS) is 18.0.